The van der Waals surface area contributed by atoms with Crippen LogP contribution < -0.4 is 10.1 Å². The molecule has 2 unspecified atom stereocenters. The number of hydrogen-bond donors (Lipinski definition) is 1. The van der Waals surface area contributed by atoms with Crippen molar-refractivity contribution in [1.29, 1.82) is 0 Å². The average Bonchev–Trinajstić information content (AvgIpc) is 2.61. The summed E-state index contributed by atoms with van der Waals surface area (Å²) in [6.07, 6.45) is 1.21. The van der Waals surface area contributed by atoms with Crippen molar-refractivity contribution in [3.05, 3.63) is 29.8 Å². The Bertz CT molecular complexity index is 348. The molecule has 0 aromatic heterocycles. The molecule has 2 nitrogen and oxygen atoms in total. The molecule has 1 aromatic rings. The lowest BCUT2D eigenvalue weighted by Gasteiger charge is -2.20. The number of nitrogens with one attached hydrogen (secondary N) is 1. The van der Waals surface area contributed by atoms with E-state index in [1.54, 1.807) is 0 Å². The zero-order valence-electron chi connectivity index (χ0n) is 10.4. The second-order valence-corrected chi connectivity index (χ2v) is 5.10. The van der Waals surface area contributed by atoms with Crippen LogP contribution in [-0.2, 0) is 0 Å². The van der Waals surface area contributed by atoms with Gasteiger partial charge in [-0.3, -0.25) is 0 Å². The van der Waals surface area contributed by atoms with Gasteiger partial charge in [0.05, 0.1) is 6.04 Å². The highest BCUT2D eigenvalue weighted by Gasteiger charge is 2.24. The van der Waals surface area contributed by atoms with Crippen molar-refractivity contribution in [2.45, 2.75) is 39.3 Å². The molecule has 2 rings (SSSR count). The Hall–Kier alpha value is -1.02. The summed E-state index contributed by atoms with van der Waals surface area (Å²) in [5.74, 6) is 1.77. The standard InChI is InChI=1S/C14H21NO/c1-10(2)8-11(3)15-13-9-16-14-7-5-4-6-12(13)14/h4-7,10-11,13,15H,8-9H2,1-3H3. The van der Waals surface area contributed by atoms with E-state index in [9.17, 15) is 0 Å². The minimum atomic E-state index is 0.366. The first-order valence-corrected chi connectivity index (χ1v) is 6.14. The summed E-state index contributed by atoms with van der Waals surface area (Å²) in [6.45, 7) is 7.54. The molecule has 1 N–H and O–H groups in total. The van der Waals surface area contributed by atoms with Crippen molar-refractivity contribution in [3.63, 3.8) is 0 Å². The van der Waals surface area contributed by atoms with Crippen molar-refractivity contribution in [2.24, 2.45) is 5.92 Å². The lowest BCUT2D eigenvalue weighted by molar-refractivity contribution is 0.291. The van der Waals surface area contributed by atoms with E-state index in [0.717, 1.165) is 18.3 Å². The summed E-state index contributed by atoms with van der Waals surface area (Å²) < 4.78 is 5.65. The van der Waals surface area contributed by atoms with Crippen LogP contribution in [0.5, 0.6) is 5.75 Å². The lowest BCUT2D eigenvalue weighted by Crippen LogP contribution is -2.32. The Morgan fingerprint density at radius 2 is 2.06 bits per heavy atom. The Kier molecular flexibility index (Phi) is 3.49. The molecule has 0 aliphatic carbocycles. The first-order valence-electron chi connectivity index (χ1n) is 6.14. The molecule has 16 heavy (non-hydrogen) atoms. The van der Waals surface area contributed by atoms with Gasteiger partial charge in [-0.1, -0.05) is 32.0 Å². The first-order chi connectivity index (χ1) is 7.66. The largest absolute Gasteiger partial charge is 0.491 e. The van der Waals surface area contributed by atoms with Crippen LogP contribution in [0.2, 0.25) is 0 Å². The third-order valence-electron chi connectivity index (χ3n) is 3.01. The zero-order valence-corrected chi connectivity index (χ0v) is 10.4. The molecule has 0 saturated heterocycles. The van der Waals surface area contributed by atoms with Crippen molar-refractivity contribution in [1.82, 2.24) is 5.32 Å². The van der Waals surface area contributed by atoms with E-state index in [4.69, 9.17) is 4.74 Å². The van der Waals surface area contributed by atoms with Crippen molar-refractivity contribution in [2.75, 3.05) is 6.61 Å². The van der Waals surface area contributed by atoms with Crippen LogP contribution in [0.1, 0.15) is 38.8 Å². The molecule has 1 heterocycles. The van der Waals surface area contributed by atoms with Crippen LogP contribution in [-0.4, -0.2) is 12.6 Å². The zero-order chi connectivity index (χ0) is 11.5. The van der Waals surface area contributed by atoms with Gasteiger partial charge < -0.3 is 10.1 Å². The van der Waals surface area contributed by atoms with Gasteiger partial charge in [0.2, 0.25) is 0 Å². The van der Waals surface area contributed by atoms with Gasteiger partial charge in [-0.05, 0) is 25.3 Å². The molecule has 0 fully saturated rings. The second kappa shape index (κ2) is 4.88. The van der Waals surface area contributed by atoms with Crippen LogP contribution in [0.3, 0.4) is 0 Å². The minimum Gasteiger partial charge on any atom is -0.491 e. The Labute approximate surface area is 98.0 Å². The van der Waals surface area contributed by atoms with E-state index in [1.165, 1.54) is 12.0 Å². The molecular formula is C14H21NO. The molecule has 0 bridgehead atoms. The molecule has 0 spiro atoms. The minimum absolute atomic E-state index is 0.366. The van der Waals surface area contributed by atoms with Crippen molar-refractivity contribution < 1.29 is 4.74 Å². The van der Waals surface area contributed by atoms with E-state index in [-0.39, 0.29) is 0 Å². The Balaban J connectivity index is 1.98. The van der Waals surface area contributed by atoms with E-state index < -0.39 is 0 Å². The average molecular weight is 219 g/mol. The van der Waals surface area contributed by atoms with Gasteiger partial charge in [-0.2, -0.15) is 0 Å². The topological polar surface area (TPSA) is 21.3 Å². The first kappa shape index (κ1) is 11.5. The fraction of sp³-hybridized carbons (Fsp3) is 0.571. The maximum absolute atomic E-state index is 5.65. The molecule has 1 aliphatic rings. The predicted molar refractivity (Wildman–Crippen MR) is 66.7 cm³/mol. The summed E-state index contributed by atoms with van der Waals surface area (Å²) in [6, 6.07) is 9.21. The van der Waals surface area contributed by atoms with Gasteiger partial charge in [-0.25, -0.2) is 0 Å². The summed E-state index contributed by atoms with van der Waals surface area (Å²) >= 11 is 0. The van der Waals surface area contributed by atoms with Gasteiger partial charge in [-0.15, -0.1) is 0 Å². The number of ether oxygens (including phenoxy) is 1. The second-order valence-electron chi connectivity index (χ2n) is 5.10. The summed E-state index contributed by atoms with van der Waals surface area (Å²) in [7, 11) is 0. The summed E-state index contributed by atoms with van der Waals surface area (Å²) in [4.78, 5) is 0. The third-order valence-corrected chi connectivity index (χ3v) is 3.01. The monoisotopic (exact) mass is 219 g/mol. The van der Waals surface area contributed by atoms with Crippen LogP contribution in [0.4, 0.5) is 0 Å². The van der Waals surface area contributed by atoms with Gasteiger partial charge >= 0.3 is 0 Å². The molecule has 88 valence electrons. The molecule has 1 aromatic carbocycles. The smallest absolute Gasteiger partial charge is 0.124 e. The highest BCUT2D eigenvalue weighted by atomic mass is 16.5. The maximum Gasteiger partial charge on any atom is 0.124 e. The van der Waals surface area contributed by atoms with Crippen LogP contribution in [0.25, 0.3) is 0 Å². The van der Waals surface area contributed by atoms with Gasteiger partial charge in [0, 0.05) is 11.6 Å². The van der Waals surface area contributed by atoms with Gasteiger partial charge in [0.1, 0.15) is 12.4 Å². The summed E-state index contributed by atoms with van der Waals surface area (Å²) in [5.41, 5.74) is 1.30. The quantitative estimate of drug-likeness (QED) is 0.840. The fourth-order valence-corrected chi connectivity index (χ4v) is 2.42. The Morgan fingerprint density at radius 1 is 1.31 bits per heavy atom. The lowest BCUT2D eigenvalue weighted by atomic mass is 10.0. The fourth-order valence-electron chi connectivity index (χ4n) is 2.42. The maximum atomic E-state index is 5.65. The van der Waals surface area contributed by atoms with E-state index in [0.29, 0.717) is 12.1 Å². The van der Waals surface area contributed by atoms with E-state index in [1.807, 2.05) is 12.1 Å². The SMILES string of the molecule is CC(C)CC(C)NC1COc2ccccc21. The molecule has 1 aliphatic heterocycles. The van der Waals surface area contributed by atoms with Gasteiger partial charge in [0.25, 0.3) is 0 Å². The third kappa shape index (κ3) is 2.56. The van der Waals surface area contributed by atoms with Crippen LogP contribution >= 0.6 is 0 Å². The molecule has 2 heteroatoms. The van der Waals surface area contributed by atoms with Gasteiger partial charge in [0.15, 0.2) is 0 Å². The number of rotatable bonds is 4. The highest BCUT2D eigenvalue weighted by Crippen LogP contribution is 2.32. The number of fused-ring (bicyclic) bond motifs is 1. The van der Waals surface area contributed by atoms with E-state index >= 15 is 0 Å². The number of hydrogen-bond acceptors (Lipinski definition) is 2. The molecule has 0 radical (unpaired) electrons. The molecule has 0 saturated carbocycles. The normalized spacial score (nSPS) is 20.6. The Morgan fingerprint density at radius 3 is 2.81 bits per heavy atom. The van der Waals surface area contributed by atoms with Crippen LogP contribution in [0.15, 0.2) is 24.3 Å². The van der Waals surface area contributed by atoms with Crippen molar-refractivity contribution in [3.8, 4) is 5.75 Å². The number of para-hydroxylation sites is 1. The highest BCUT2D eigenvalue weighted by molar-refractivity contribution is 5.39. The van der Waals surface area contributed by atoms with Crippen molar-refractivity contribution >= 4 is 0 Å². The molecule has 2 atom stereocenters. The van der Waals surface area contributed by atoms with Crippen LogP contribution in [0, 0.1) is 5.92 Å². The predicted octanol–water partition coefficient (Wildman–Crippen LogP) is 3.14. The van der Waals surface area contributed by atoms with E-state index in [2.05, 4.69) is 38.2 Å². The number of benzene rings is 1. The summed E-state index contributed by atoms with van der Waals surface area (Å²) in [5, 5.41) is 3.64. The molecular weight excluding hydrogens is 198 g/mol. The molecule has 0 amide bonds.